The molecule has 96 heavy (non-hydrogen) atoms. The summed E-state index contributed by atoms with van der Waals surface area (Å²) in [6.07, 6.45) is 13.5. The Morgan fingerprint density at radius 1 is 0.594 bits per heavy atom. The molecule has 0 bridgehead atoms. The first-order valence-corrected chi connectivity index (χ1v) is 30.7. The van der Waals surface area contributed by atoms with Gasteiger partial charge in [-0.05, 0) is 108 Å². The Balaban J connectivity index is 0.000000165. The van der Waals surface area contributed by atoms with E-state index < -0.39 is 29.4 Å². The third-order valence-corrected chi connectivity index (χ3v) is 15.5. The minimum atomic E-state index is -0.761. The second-order valence-corrected chi connectivity index (χ2v) is 22.9. The molecular weight excluding hydrogens is 1240 g/mol. The number of likely N-dealkylation sites (tertiary alicyclic amines) is 1. The third-order valence-electron chi connectivity index (χ3n) is 15.5. The first-order valence-electron chi connectivity index (χ1n) is 30.7. The number of halogens is 2. The Kier molecular flexibility index (Phi) is 20.2. The molecule has 3 aliphatic heterocycles. The van der Waals surface area contributed by atoms with Crippen molar-refractivity contribution in [2.45, 2.75) is 91.5 Å². The van der Waals surface area contributed by atoms with Crippen LogP contribution in [0.15, 0.2) is 147 Å². The number of ether oxygens (including phenoxy) is 4. The highest BCUT2D eigenvalue weighted by Crippen LogP contribution is 2.38. The molecule has 3 saturated heterocycles. The van der Waals surface area contributed by atoms with Gasteiger partial charge in [-0.3, -0.25) is 14.4 Å². The predicted molar refractivity (Wildman–Crippen MR) is 348 cm³/mol. The minimum Gasteiger partial charge on any atom is -0.489 e. The number of amides is 3. The second-order valence-electron chi connectivity index (χ2n) is 22.9. The molecule has 28 heteroatoms. The summed E-state index contributed by atoms with van der Waals surface area (Å²) in [5.74, 6) is 1.55. The molecule has 10 aromatic rings. The van der Waals surface area contributed by atoms with Crippen molar-refractivity contribution < 1.29 is 51.7 Å². The van der Waals surface area contributed by atoms with Crippen LogP contribution in [0.2, 0.25) is 0 Å². The Morgan fingerprint density at radius 2 is 1.05 bits per heavy atom. The van der Waals surface area contributed by atoms with Crippen molar-refractivity contribution in [3.05, 3.63) is 181 Å². The molecule has 0 aliphatic carbocycles. The summed E-state index contributed by atoms with van der Waals surface area (Å²) in [5.41, 5.74) is 19.1. The number of aryl methyl sites for hydroxylation is 2. The molecule has 4 aromatic carbocycles. The van der Waals surface area contributed by atoms with Crippen LogP contribution in [0, 0.1) is 25.5 Å². The molecule has 0 radical (unpaired) electrons. The monoisotopic (exact) mass is 1300 g/mol. The van der Waals surface area contributed by atoms with Gasteiger partial charge in [-0.15, -0.1) is 5.06 Å². The van der Waals surface area contributed by atoms with E-state index in [2.05, 4.69) is 63.2 Å². The number of nitrogens with zero attached hydrogens (tertiary/aromatic N) is 14. The number of aromatic nitrogens is 12. The fourth-order valence-electron chi connectivity index (χ4n) is 10.7. The van der Waals surface area contributed by atoms with Gasteiger partial charge in [-0.1, -0.05) is 13.2 Å². The van der Waals surface area contributed by atoms with E-state index in [1.54, 1.807) is 86.9 Å². The van der Waals surface area contributed by atoms with Crippen molar-refractivity contribution in [1.82, 2.24) is 74.7 Å². The molecule has 0 saturated carbocycles. The Labute approximate surface area is 549 Å². The maximum Gasteiger partial charge on any atom is 0.359 e. The lowest BCUT2D eigenvalue weighted by Gasteiger charge is -2.33. The van der Waals surface area contributed by atoms with Gasteiger partial charge in [-0.25, -0.2) is 62.8 Å². The summed E-state index contributed by atoms with van der Waals surface area (Å²) in [6, 6.07) is 23.2. The normalized spacial score (nSPS) is 15.3. The lowest BCUT2D eigenvalue weighted by Crippen LogP contribution is -2.41. The Bertz CT molecular complexity index is 4510. The highest BCUT2D eigenvalue weighted by molar-refractivity contribution is 6.03. The number of piperidine rings is 2. The van der Waals surface area contributed by atoms with Crippen LogP contribution in [0.5, 0.6) is 34.5 Å². The summed E-state index contributed by atoms with van der Waals surface area (Å²) in [5, 5.41) is 15.1. The minimum absolute atomic E-state index is 0.0611. The van der Waals surface area contributed by atoms with Gasteiger partial charge in [0.15, 0.2) is 11.3 Å². The summed E-state index contributed by atoms with van der Waals surface area (Å²) < 4.78 is 55.9. The zero-order chi connectivity index (χ0) is 67.6. The molecule has 3 amide bonds. The largest absolute Gasteiger partial charge is 0.489 e. The molecule has 6 aromatic heterocycles. The van der Waals surface area contributed by atoms with E-state index >= 15 is 0 Å². The zero-order valence-electron chi connectivity index (χ0n) is 52.9. The van der Waals surface area contributed by atoms with Crippen molar-refractivity contribution in [3.8, 4) is 57.0 Å². The van der Waals surface area contributed by atoms with E-state index in [9.17, 15) is 28.0 Å². The van der Waals surface area contributed by atoms with E-state index in [0.29, 0.717) is 98.2 Å². The number of nitrogens with two attached hydrogens (primary N) is 2. The molecule has 0 unspecified atom stereocenters. The first kappa shape index (κ1) is 65.8. The van der Waals surface area contributed by atoms with Gasteiger partial charge >= 0.3 is 5.97 Å². The Hall–Kier alpha value is -11.7. The number of benzene rings is 4. The second kappa shape index (κ2) is 29.5. The maximum absolute atomic E-state index is 14.4. The van der Waals surface area contributed by atoms with Crippen molar-refractivity contribution in [2.75, 3.05) is 37.6 Å². The number of imide groups is 1. The number of hydroxylamine groups is 2. The zero-order valence-corrected chi connectivity index (χ0v) is 52.9. The number of carbonyl (C=O) groups is 4. The van der Waals surface area contributed by atoms with Crippen molar-refractivity contribution >= 4 is 57.4 Å². The number of hydrogen-bond donors (Lipinski definition) is 3. The summed E-state index contributed by atoms with van der Waals surface area (Å²) in [6.45, 7) is 17.3. The summed E-state index contributed by atoms with van der Waals surface area (Å²) in [7, 11) is 0. The van der Waals surface area contributed by atoms with Crippen LogP contribution in [-0.2, 0) is 37.2 Å². The number of fused-ring (bicyclic) bond motifs is 2. The summed E-state index contributed by atoms with van der Waals surface area (Å²) in [4.78, 5) is 85.7. The molecule has 3 aliphatic rings. The molecule has 26 nitrogen and oxygen atoms in total. The van der Waals surface area contributed by atoms with E-state index in [0.717, 1.165) is 72.1 Å². The number of hydrogen-bond acceptors (Lipinski definition) is 22. The number of nitrogens with one attached hydrogen (secondary N) is 1. The van der Waals surface area contributed by atoms with Gasteiger partial charge in [0.05, 0.1) is 22.9 Å². The number of carbonyl (C=O) groups excluding carboxylic acids is 4. The maximum atomic E-state index is 14.4. The molecule has 2 atom stereocenters. The van der Waals surface area contributed by atoms with Crippen LogP contribution in [0.3, 0.4) is 0 Å². The van der Waals surface area contributed by atoms with Crippen LogP contribution in [0.1, 0.15) is 87.2 Å². The van der Waals surface area contributed by atoms with E-state index in [1.807, 2.05) is 33.6 Å². The van der Waals surface area contributed by atoms with Gasteiger partial charge < -0.3 is 45.5 Å². The molecule has 13 rings (SSSR count). The Morgan fingerprint density at radius 3 is 1.50 bits per heavy atom. The molecule has 5 N–H and O–H groups in total. The average Bonchev–Trinajstić information content (AvgIpc) is 1.62. The molecule has 492 valence electrons. The van der Waals surface area contributed by atoms with Gasteiger partial charge in [0.2, 0.25) is 5.91 Å². The number of nitrogen functional groups attached to an aromatic ring is 2. The van der Waals surface area contributed by atoms with Crippen LogP contribution in [0.4, 0.5) is 20.4 Å². The molecule has 3 fully saturated rings. The quantitative estimate of drug-likeness (QED) is 0.0563. The van der Waals surface area contributed by atoms with Gasteiger partial charge in [0.25, 0.3) is 11.8 Å². The van der Waals surface area contributed by atoms with Crippen molar-refractivity contribution in [2.24, 2.45) is 0 Å². The van der Waals surface area contributed by atoms with Crippen molar-refractivity contribution in [3.63, 3.8) is 0 Å². The van der Waals surface area contributed by atoms with Gasteiger partial charge in [0.1, 0.15) is 107 Å². The number of anilines is 2. The van der Waals surface area contributed by atoms with Crippen LogP contribution < -0.4 is 35.7 Å². The van der Waals surface area contributed by atoms with Gasteiger partial charge in [0, 0.05) is 127 Å². The highest BCUT2D eigenvalue weighted by atomic mass is 19.1. The third kappa shape index (κ3) is 15.9. The molecule has 9 heterocycles. The fraction of sp³-hybridized carbons (Fsp3) is 0.265. The predicted octanol–water partition coefficient (Wildman–Crippen LogP) is 10.2. The number of rotatable bonds is 17. The van der Waals surface area contributed by atoms with E-state index in [-0.39, 0.29) is 55.4 Å². The highest BCUT2D eigenvalue weighted by Gasteiger charge is 2.33. The smallest absolute Gasteiger partial charge is 0.359 e. The lowest BCUT2D eigenvalue weighted by atomic mass is 10.0. The van der Waals surface area contributed by atoms with Crippen LogP contribution in [0.25, 0.3) is 44.6 Å². The summed E-state index contributed by atoms with van der Waals surface area (Å²) >= 11 is 0. The fourth-order valence-corrected chi connectivity index (χ4v) is 10.7. The lowest BCUT2D eigenvalue weighted by molar-refractivity contribution is -0.194. The average molecular weight is 1300 g/mol. The van der Waals surface area contributed by atoms with Crippen LogP contribution >= 0.6 is 0 Å². The van der Waals surface area contributed by atoms with E-state index in [4.69, 9.17) is 40.6 Å². The van der Waals surface area contributed by atoms with Crippen LogP contribution in [-0.4, -0.2) is 119 Å². The first-order chi connectivity index (χ1) is 46.3. The molecule has 0 spiro atoms. The van der Waals surface area contributed by atoms with Gasteiger partial charge in [-0.2, -0.15) is 10.2 Å². The van der Waals surface area contributed by atoms with Crippen molar-refractivity contribution in [1.29, 1.82) is 0 Å². The molecular formula is C68H67F2N17O9. The SMILES string of the molecule is C=C(C)C(=O)N1CCC[C@@H](n2nc(-c3ccc(Oc4cc(F)cc(OCc5cnc(C)nc5)c4)cc3)c3c(N)ncnc32)C1.C=C(C)C(=O)ON1C(=O)CCC1=O.Cc1ncc(COc2cc(F)cc(Oc3ccc(-c4nn([C@@H]5CCCNC5)c5ncnc(N)c45)cc3)c2)cn1. The topological polar surface area (TPSA) is 324 Å². The van der Waals surface area contributed by atoms with E-state index in [1.165, 1.54) is 43.8 Å². The standard InChI is InChI=1S/C32H31FN8O3.C28H27FN8O2.C8H9NO4/c1-19(2)32(42)40-10-4-5-24(16-40)41-31-28(30(34)37-18-38-31)29(39-41)22-6-8-25(9-7-22)44-27-12-23(33)11-26(13-27)43-17-21-14-35-20(3)36-15-21;1-17-32-12-18(13-33-17)15-38-23-9-20(29)10-24(11-23)39-22-6-4-19(5-7-22)26-25-27(30)34-16-35-28(25)37(36-26)21-3-2-8-31-14-21;1-5(2)8(12)13-9-6(10)3-4-7(9)11/h6-9,11-15,18,24H,1,4-5,10,16-17H2,2-3H3,(H2,34,37,38);4-7,9-13,16,21,31H,2-3,8,14-15H2,1H3,(H2,30,34,35);1,3-4H2,2H3/t24-;21-;/m11./s1.